The zero-order valence-electron chi connectivity index (χ0n) is 14.1. The summed E-state index contributed by atoms with van der Waals surface area (Å²) in [4.78, 5) is 0. The maximum atomic E-state index is 9.12. The Kier molecular flexibility index (Phi) is 16.5. The molecule has 1 atom stereocenters. The minimum absolute atomic E-state index is 0.151. The van der Waals surface area contributed by atoms with Gasteiger partial charge in [-0.25, -0.2) is 0 Å². The van der Waals surface area contributed by atoms with Crippen LogP contribution in [0.5, 0.6) is 0 Å². The van der Waals surface area contributed by atoms with E-state index >= 15 is 0 Å². The van der Waals surface area contributed by atoms with Crippen LogP contribution in [0, 0.1) is 0 Å². The average molecular weight is 283 g/mol. The van der Waals surface area contributed by atoms with Crippen molar-refractivity contribution in [3.8, 4) is 0 Å². The van der Waals surface area contributed by atoms with Crippen molar-refractivity contribution in [2.75, 3.05) is 0 Å². The Labute approximate surface area is 127 Å². The van der Waals surface area contributed by atoms with Crippen molar-refractivity contribution in [3.63, 3.8) is 0 Å². The fourth-order valence-electron chi connectivity index (χ4n) is 2.50. The minimum atomic E-state index is -0.151. The molecule has 0 spiro atoms. The van der Waals surface area contributed by atoms with E-state index in [4.69, 9.17) is 5.11 Å². The summed E-state index contributed by atoms with van der Waals surface area (Å²) in [6.45, 7) is 4.14. The molecule has 1 N–H and O–H groups in total. The van der Waals surface area contributed by atoms with Crippen LogP contribution in [0.15, 0.2) is 12.2 Å². The van der Waals surface area contributed by atoms with Crippen LogP contribution in [-0.2, 0) is 0 Å². The zero-order valence-corrected chi connectivity index (χ0v) is 14.1. The largest absolute Gasteiger partial charge is 0.393 e. The summed E-state index contributed by atoms with van der Waals surface area (Å²) in [6.07, 6.45) is 23.1. The van der Waals surface area contributed by atoms with E-state index in [1.807, 2.05) is 6.92 Å². The second-order valence-corrected chi connectivity index (χ2v) is 6.22. The maximum absolute atomic E-state index is 9.12. The first-order valence-corrected chi connectivity index (χ1v) is 9.10. The Hall–Kier alpha value is -0.300. The van der Waals surface area contributed by atoms with Crippen LogP contribution in [0.3, 0.4) is 0 Å². The monoisotopic (exact) mass is 282 g/mol. The van der Waals surface area contributed by atoms with Crippen molar-refractivity contribution in [2.45, 2.75) is 110 Å². The molecule has 0 saturated heterocycles. The topological polar surface area (TPSA) is 20.2 Å². The van der Waals surface area contributed by atoms with E-state index in [-0.39, 0.29) is 6.10 Å². The molecular weight excluding hydrogens is 244 g/mol. The van der Waals surface area contributed by atoms with E-state index in [0.717, 1.165) is 12.8 Å². The molecule has 0 aliphatic carbocycles. The highest BCUT2D eigenvalue weighted by Gasteiger charge is 1.93. The average Bonchev–Trinajstić information content (AvgIpc) is 2.43. The third-order valence-corrected chi connectivity index (χ3v) is 3.89. The van der Waals surface area contributed by atoms with Gasteiger partial charge in [-0.3, -0.25) is 0 Å². The van der Waals surface area contributed by atoms with Gasteiger partial charge in [0.1, 0.15) is 0 Å². The molecule has 20 heavy (non-hydrogen) atoms. The molecule has 0 aromatic rings. The van der Waals surface area contributed by atoms with Crippen LogP contribution in [0.4, 0.5) is 0 Å². The number of aliphatic hydroxyl groups is 1. The summed E-state index contributed by atoms with van der Waals surface area (Å²) in [7, 11) is 0. The van der Waals surface area contributed by atoms with E-state index in [9.17, 15) is 0 Å². The van der Waals surface area contributed by atoms with Gasteiger partial charge in [0.2, 0.25) is 0 Å². The predicted octanol–water partition coefficient (Wildman–Crippen LogP) is 6.40. The second-order valence-electron chi connectivity index (χ2n) is 6.22. The van der Waals surface area contributed by atoms with Crippen molar-refractivity contribution in [3.05, 3.63) is 12.2 Å². The minimum Gasteiger partial charge on any atom is -0.393 e. The van der Waals surface area contributed by atoms with Crippen LogP contribution in [-0.4, -0.2) is 11.2 Å². The number of rotatable bonds is 15. The molecule has 0 radical (unpaired) electrons. The molecule has 1 heteroatoms. The first-order chi connectivity index (χ1) is 9.77. The van der Waals surface area contributed by atoms with Gasteiger partial charge in [-0.2, -0.15) is 0 Å². The maximum Gasteiger partial charge on any atom is 0.0515 e. The van der Waals surface area contributed by atoms with Gasteiger partial charge in [0.15, 0.2) is 0 Å². The van der Waals surface area contributed by atoms with Gasteiger partial charge in [-0.15, -0.1) is 0 Å². The van der Waals surface area contributed by atoms with E-state index in [1.54, 1.807) is 0 Å². The summed E-state index contributed by atoms with van der Waals surface area (Å²) in [5, 5.41) is 9.12. The van der Waals surface area contributed by atoms with Gasteiger partial charge in [-0.05, 0) is 32.6 Å². The molecule has 120 valence electrons. The predicted molar refractivity (Wildman–Crippen MR) is 91.1 cm³/mol. The molecule has 0 heterocycles. The lowest BCUT2D eigenvalue weighted by molar-refractivity contribution is 0.186. The molecule has 0 amide bonds. The summed E-state index contributed by atoms with van der Waals surface area (Å²) in [6, 6.07) is 0. The van der Waals surface area contributed by atoms with Gasteiger partial charge in [0.25, 0.3) is 0 Å². The first kappa shape index (κ1) is 19.7. The SMILES string of the molecule is CCCCCCCCCCCCCC=CCCC(C)O. The molecule has 0 saturated carbocycles. The highest BCUT2D eigenvalue weighted by molar-refractivity contribution is 4.81. The van der Waals surface area contributed by atoms with Crippen molar-refractivity contribution in [1.29, 1.82) is 0 Å². The van der Waals surface area contributed by atoms with E-state index in [0.29, 0.717) is 0 Å². The molecule has 0 aliphatic rings. The molecule has 1 nitrogen and oxygen atoms in total. The molecule has 0 aliphatic heterocycles. The summed E-state index contributed by atoms with van der Waals surface area (Å²) >= 11 is 0. The van der Waals surface area contributed by atoms with Gasteiger partial charge in [-0.1, -0.05) is 83.3 Å². The standard InChI is InChI=1S/C19H38O/c1-3-4-5-6-7-8-9-10-11-12-13-14-15-16-17-18-19(2)20/h15-16,19-20H,3-14,17-18H2,1-2H3. The van der Waals surface area contributed by atoms with Crippen LogP contribution >= 0.6 is 0 Å². The van der Waals surface area contributed by atoms with Crippen molar-refractivity contribution < 1.29 is 5.11 Å². The van der Waals surface area contributed by atoms with Crippen LogP contribution < -0.4 is 0 Å². The zero-order chi connectivity index (χ0) is 14.9. The lowest BCUT2D eigenvalue weighted by Crippen LogP contribution is -1.96. The van der Waals surface area contributed by atoms with Gasteiger partial charge in [0, 0.05) is 0 Å². The Morgan fingerprint density at radius 1 is 0.700 bits per heavy atom. The lowest BCUT2D eigenvalue weighted by Gasteiger charge is -2.02. The number of aliphatic hydroxyl groups excluding tert-OH is 1. The number of hydrogen-bond donors (Lipinski definition) is 1. The van der Waals surface area contributed by atoms with Crippen molar-refractivity contribution >= 4 is 0 Å². The molecule has 0 aromatic carbocycles. The first-order valence-electron chi connectivity index (χ1n) is 9.10. The fraction of sp³-hybridized carbons (Fsp3) is 0.895. The van der Waals surface area contributed by atoms with Gasteiger partial charge < -0.3 is 5.11 Å². The normalized spacial score (nSPS) is 13.2. The van der Waals surface area contributed by atoms with Gasteiger partial charge >= 0.3 is 0 Å². The molecule has 1 unspecified atom stereocenters. The third kappa shape index (κ3) is 17.7. The van der Waals surface area contributed by atoms with Gasteiger partial charge in [0.05, 0.1) is 6.10 Å². The fourth-order valence-corrected chi connectivity index (χ4v) is 2.50. The number of allylic oxidation sites excluding steroid dienone is 2. The van der Waals surface area contributed by atoms with E-state index in [2.05, 4.69) is 19.1 Å². The number of unbranched alkanes of at least 4 members (excludes halogenated alkanes) is 11. The highest BCUT2D eigenvalue weighted by atomic mass is 16.3. The Bertz CT molecular complexity index is 196. The molecule has 0 fully saturated rings. The smallest absolute Gasteiger partial charge is 0.0515 e. The highest BCUT2D eigenvalue weighted by Crippen LogP contribution is 2.12. The summed E-state index contributed by atoms with van der Waals surface area (Å²) < 4.78 is 0. The Morgan fingerprint density at radius 2 is 1.15 bits per heavy atom. The molecular formula is C19H38O. The van der Waals surface area contributed by atoms with Crippen LogP contribution in [0.25, 0.3) is 0 Å². The van der Waals surface area contributed by atoms with E-state index < -0.39 is 0 Å². The molecule has 0 bridgehead atoms. The Balaban J connectivity index is 3.02. The summed E-state index contributed by atoms with van der Waals surface area (Å²) in [5.41, 5.74) is 0. The molecule has 0 rings (SSSR count). The molecule has 0 aromatic heterocycles. The summed E-state index contributed by atoms with van der Waals surface area (Å²) in [5.74, 6) is 0. The third-order valence-electron chi connectivity index (χ3n) is 3.89. The second kappa shape index (κ2) is 16.8. The number of hydrogen-bond acceptors (Lipinski definition) is 1. The lowest BCUT2D eigenvalue weighted by atomic mass is 10.1. The van der Waals surface area contributed by atoms with Crippen molar-refractivity contribution in [1.82, 2.24) is 0 Å². The Morgan fingerprint density at radius 3 is 1.65 bits per heavy atom. The quantitative estimate of drug-likeness (QED) is 0.272. The van der Waals surface area contributed by atoms with E-state index in [1.165, 1.54) is 77.0 Å². The van der Waals surface area contributed by atoms with Crippen LogP contribution in [0.1, 0.15) is 104 Å². The van der Waals surface area contributed by atoms with Crippen molar-refractivity contribution in [2.24, 2.45) is 0 Å². The van der Waals surface area contributed by atoms with Crippen LogP contribution in [0.2, 0.25) is 0 Å².